The monoisotopic (exact) mass is 352 g/mol. The predicted molar refractivity (Wildman–Crippen MR) is 109 cm³/mol. The van der Waals surface area contributed by atoms with Crippen LogP contribution in [0.5, 0.6) is 0 Å². The predicted octanol–water partition coefficient (Wildman–Crippen LogP) is 2.88. The molecule has 0 aliphatic carbocycles. The minimum atomic E-state index is 0.264. The molecule has 2 rings (SSSR count). The van der Waals surface area contributed by atoms with Crippen molar-refractivity contribution in [2.75, 3.05) is 52.9 Å². The number of piperidine rings is 2. The first-order chi connectivity index (χ1) is 11.6. The Labute approximate surface area is 157 Å². The van der Waals surface area contributed by atoms with Gasteiger partial charge in [-0.05, 0) is 112 Å². The zero-order chi connectivity index (χ0) is 18.7. The molecule has 0 aromatic heterocycles. The molecule has 0 atom stereocenters. The van der Waals surface area contributed by atoms with Crippen LogP contribution in [0.4, 0.5) is 0 Å². The molecule has 2 aliphatic heterocycles. The number of likely N-dealkylation sites (N-methyl/N-ethyl adjacent to an activating group) is 1. The van der Waals surface area contributed by atoms with Crippen molar-refractivity contribution in [2.24, 2.45) is 17.6 Å². The van der Waals surface area contributed by atoms with Crippen LogP contribution < -0.4 is 5.73 Å². The maximum Gasteiger partial charge on any atom is 0.0280 e. The van der Waals surface area contributed by atoms with Crippen LogP contribution in [0.3, 0.4) is 0 Å². The lowest BCUT2D eigenvalue weighted by Gasteiger charge is -2.45. The summed E-state index contributed by atoms with van der Waals surface area (Å²) in [7, 11) is 2.32. The second-order valence-electron chi connectivity index (χ2n) is 10.3. The largest absolute Gasteiger partial charge is 0.330 e. The highest BCUT2D eigenvalue weighted by Gasteiger charge is 2.32. The van der Waals surface area contributed by atoms with Gasteiger partial charge >= 0.3 is 0 Å². The van der Waals surface area contributed by atoms with Gasteiger partial charge in [0.1, 0.15) is 0 Å². The summed E-state index contributed by atoms with van der Waals surface area (Å²) in [6.45, 7) is 20.1. The Kier molecular flexibility index (Phi) is 7.35. The summed E-state index contributed by atoms with van der Waals surface area (Å²) in [6, 6.07) is 0. The molecule has 25 heavy (non-hydrogen) atoms. The van der Waals surface area contributed by atoms with E-state index in [-0.39, 0.29) is 5.54 Å². The van der Waals surface area contributed by atoms with E-state index < -0.39 is 0 Å². The van der Waals surface area contributed by atoms with Crippen molar-refractivity contribution in [2.45, 2.75) is 71.4 Å². The number of hydrogen-bond acceptors (Lipinski definition) is 4. The van der Waals surface area contributed by atoms with E-state index >= 15 is 0 Å². The fraction of sp³-hybridized carbons (Fsp3) is 1.00. The van der Waals surface area contributed by atoms with Gasteiger partial charge in [0.25, 0.3) is 0 Å². The van der Waals surface area contributed by atoms with Gasteiger partial charge in [-0.25, -0.2) is 0 Å². The van der Waals surface area contributed by atoms with Crippen molar-refractivity contribution in [3.63, 3.8) is 0 Å². The van der Waals surface area contributed by atoms with Crippen molar-refractivity contribution in [1.82, 2.24) is 14.7 Å². The van der Waals surface area contributed by atoms with E-state index in [2.05, 4.69) is 56.4 Å². The van der Waals surface area contributed by atoms with Crippen LogP contribution in [0, 0.1) is 11.8 Å². The molecule has 2 fully saturated rings. The van der Waals surface area contributed by atoms with Gasteiger partial charge in [-0.2, -0.15) is 0 Å². The van der Waals surface area contributed by atoms with Gasteiger partial charge in [-0.1, -0.05) is 0 Å². The van der Waals surface area contributed by atoms with Crippen molar-refractivity contribution >= 4 is 0 Å². The van der Waals surface area contributed by atoms with E-state index in [1.807, 2.05) is 0 Å². The van der Waals surface area contributed by atoms with Crippen molar-refractivity contribution < 1.29 is 0 Å². The Hall–Kier alpha value is -0.160. The lowest BCUT2D eigenvalue weighted by Crippen LogP contribution is -2.55. The first-order valence-corrected chi connectivity index (χ1v) is 10.5. The standard InChI is InChI=1S/C21H44N4/c1-20(2,3)24-11-9-19(10-12-24)16-23(6)17-21(4,5)25-13-7-18(15-22)8-14-25/h18-19H,7-17,22H2,1-6H3. The van der Waals surface area contributed by atoms with Gasteiger partial charge < -0.3 is 10.6 Å². The van der Waals surface area contributed by atoms with Crippen LogP contribution >= 0.6 is 0 Å². The zero-order valence-corrected chi connectivity index (χ0v) is 17.9. The average molecular weight is 353 g/mol. The van der Waals surface area contributed by atoms with Crippen LogP contribution in [0.2, 0.25) is 0 Å². The third-order valence-corrected chi connectivity index (χ3v) is 6.59. The highest BCUT2D eigenvalue weighted by atomic mass is 15.2. The molecule has 148 valence electrons. The minimum absolute atomic E-state index is 0.264. The Bertz CT molecular complexity index is 385. The van der Waals surface area contributed by atoms with Crippen molar-refractivity contribution in [3.05, 3.63) is 0 Å². The molecule has 2 heterocycles. The maximum atomic E-state index is 5.85. The topological polar surface area (TPSA) is 35.7 Å². The summed E-state index contributed by atoms with van der Waals surface area (Å²) >= 11 is 0. The van der Waals surface area contributed by atoms with Crippen LogP contribution in [0.25, 0.3) is 0 Å². The molecular formula is C21H44N4. The van der Waals surface area contributed by atoms with Crippen molar-refractivity contribution in [3.8, 4) is 0 Å². The maximum absolute atomic E-state index is 5.85. The second-order valence-corrected chi connectivity index (χ2v) is 10.3. The van der Waals surface area contributed by atoms with Crippen LogP contribution in [-0.4, -0.2) is 78.6 Å². The van der Waals surface area contributed by atoms with Crippen molar-refractivity contribution in [1.29, 1.82) is 0 Å². The van der Waals surface area contributed by atoms with Gasteiger partial charge in [0, 0.05) is 24.2 Å². The minimum Gasteiger partial charge on any atom is -0.330 e. The zero-order valence-electron chi connectivity index (χ0n) is 17.9. The van der Waals surface area contributed by atoms with Gasteiger partial charge in [0.05, 0.1) is 0 Å². The Morgan fingerprint density at radius 2 is 1.32 bits per heavy atom. The molecule has 0 saturated carbocycles. The SMILES string of the molecule is CN(CC1CCN(C(C)(C)C)CC1)CC(C)(C)N1CCC(CN)CC1. The molecule has 0 aromatic rings. The first kappa shape index (κ1) is 21.1. The molecule has 0 amide bonds. The molecule has 4 heteroatoms. The molecule has 0 spiro atoms. The summed E-state index contributed by atoms with van der Waals surface area (Å²) < 4.78 is 0. The van der Waals surface area contributed by atoms with E-state index in [4.69, 9.17) is 5.73 Å². The van der Waals surface area contributed by atoms with Gasteiger partial charge in [-0.15, -0.1) is 0 Å². The van der Waals surface area contributed by atoms with E-state index in [9.17, 15) is 0 Å². The average Bonchev–Trinajstić information content (AvgIpc) is 2.54. The van der Waals surface area contributed by atoms with Gasteiger partial charge in [-0.3, -0.25) is 9.80 Å². The molecule has 0 unspecified atom stereocenters. The summed E-state index contributed by atoms with van der Waals surface area (Å²) in [5.41, 5.74) is 6.44. The smallest absolute Gasteiger partial charge is 0.0280 e. The summed E-state index contributed by atoms with van der Waals surface area (Å²) in [4.78, 5) is 7.93. The number of likely N-dealkylation sites (tertiary alicyclic amines) is 2. The Balaban J connectivity index is 1.75. The van der Waals surface area contributed by atoms with Crippen LogP contribution in [-0.2, 0) is 0 Å². The highest BCUT2D eigenvalue weighted by Crippen LogP contribution is 2.27. The van der Waals surface area contributed by atoms with Crippen LogP contribution in [0.1, 0.15) is 60.3 Å². The molecule has 0 aromatic carbocycles. The molecule has 4 nitrogen and oxygen atoms in total. The summed E-state index contributed by atoms with van der Waals surface area (Å²) in [5, 5.41) is 0. The number of nitrogens with zero attached hydrogens (tertiary/aromatic N) is 3. The fourth-order valence-corrected chi connectivity index (χ4v) is 4.83. The third kappa shape index (κ3) is 6.20. The van der Waals surface area contributed by atoms with Crippen LogP contribution in [0.15, 0.2) is 0 Å². The number of hydrogen-bond donors (Lipinski definition) is 1. The summed E-state index contributed by atoms with van der Waals surface area (Å²) in [5.74, 6) is 1.61. The Morgan fingerprint density at radius 1 is 0.840 bits per heavy atom. The van der Waals surface area contributed by atoms with E-state index in [1.54, 1.807) is 0 Å². The quantitative estimate of drug-likeness (QED) is 0.797. The number of nitrogens with two attached hydrogens (primary N) is 1. The highest BCUT2D eigenvalue weighted by molar-refractivity contribution is 4.89. The number of rotatable bonds is 6. The lowest BCUT2D eigenvalue weighted by molar-refractivity contribution is 0.0382. The summed E-state index contributed by atoms with van der Waals surface area (Å²) in [6.07, 6.45) is 5.25. The molecule has 0 radical (unpaired) electrons. The lowest BCUT2D eigenvalue weighted by atomic mass is 9.90. The van der Waals surface area contributed by atoms with E-state index in [1.165, 1.54) is 65.0 Å². The van der Waals surface area contributed by atoms with E-state index in [0.29, 0.717) is 5.54 Å². The van der Waals surface area contributed by atoms with E-state index in [0.717, 1.165) is 18.4 Å². The molecular weight excluding hydrogens is 308 g/mol. The van der Waals surface area contributed by atoms with Gasteiger partial charge in [0.15, 0.2) is 0 Å². The molecule has 2 aliphatic rings. The molecule has 2 N–H and O–H groups in total. The Morgan fingerprint density at radius 3 is 1.80 bits per heavy atom. The third-order valence-electron chi connectivity index (χ3n) is 6.59. The second kappa shape index (κ2) is 8.69. The fourth-order valence-electron chi connectivity index (χ4n) is 4.83. The molecule has 0 bridgehead atoms. The molecule has 2 saturated heterocycles. The first-order valence-electron chi connectivity index (χ1n) is 10.5. The van der Waals surface area contributed by atoms with Gasteiger partial charge in [0.2, 0.25) is 0 Å². The normalized spacial score (nSPS) is 23.5.